The van der Waals surface area contributed by atoms with Crippen molar-refractivity contribution in [2.75, 3.05) is 14.2 Å². The zero-order valence-electron chi connectivity index (χ0n) is 9.23. The molecule has 0 radical (unpaired) electrons. The third-order valence-corrected chi connectivity index (χ3v) is 2.95. The van der Waals surface area contributed by atoms with Gasteiger partial charge in [-0.25, -0.2) is 0 Å². The number of rotatable bonds is 4. The predicted octanol–water partition coefficient (Wildman–Crippen LogP) is 1.26. The number of hydrogen-bond acceptors (Lipinski definition) is 5. The highest BCUT2D eigenvalue weighted by Gasteiger charge is 2.24. The minimum atomic E-state index is -1.34. The van der Waals surface area contributed by atoms with E-state index in [-0.39, 0.29) is 27.3 Å². The van der Waals surface area contributed by atoms with Crippen LogP contribution in [0.5, 0.6) is 17.2 Å². The van der Waals surface area contributed by atoms with Crippen LogP contribution >= 0.6 is 15.9 Å². The molecule has 0 aliphatic heterocycles. The van der Waals surface area contributed by atoms with Crippen molar-refractivity contribution in [2.24, 2.45) is 5.73 Å². The van der Waals surface area contributed by atoms with E-state index in [9.17, 15) is 9.90 Å². The van der Waals surface area contributed by atoms with Gasteiger partial charge in [0.1, 0.15) is 16.3 Å². The third-order valence-electron chi connectivity index (χ3n) is 2.22. The molecule has 17 heavy (non-hydrogen) atoms. The minimum absolute atomic E-state index is 0.0435. The lowest BCUT2D eigenvalue weighted by molar-refractivity contribution is -0.138. The number of methoxy groups -OCH3 is 2. The Labute approximate surface area is 106 Å². The Kier molecular flexibility index (Phi) is 4.19. The fraction of sp³-hybridized carbons (Fsp3) is 0.300. The van der Waals surface area contributed by atoms with Gasteiger partial charge in [0, 0.05) is 5.56 Å². The minimum Gasteiger partial charge on any atom is -0.506 e. The van der Waals surface area contributed by atoms with E-state index in [0.717, 1.165) is 0 Å². The van der Waals surface area contributed by atoms with Gasteiger partial charge in [0.05, 0.1) is 14.2 Å². The summed E-state index contributed by atoms with van der Waals surface area (Å²) in [6, 6.07) is -0.0105. The summed E-state index contributed by atoms with van der Waals surface area (Å²) in [4.78, 5) is 10.8. The zero-order valence-corrected chi connectivity index (χ0v) is 10.8. The molecular formula is C10H12BrNO5. The molecule has 0 saturated heterocycles. The van der Waals surface area contributed by atoms with Gasteiger partial charge in [-0.1, -0.05) is 0 Å². The smallest absolute Gasteiger partial charge is 0.325 e. The van der Waals surface area contributed by atoms with Gasteiger partial charge in [-0.15, -0.1) is 0 Å². The number of carboxylic acids is 1. The second-order valence-electron chi connectivity index (χ2n) is 3.18. The molecule has 0 fully saturated rings. The molecule has 1 unspecified atom stereocenters. The van der Waals surface area contributed by atoms with Crippen molar-refractivity contribution in [1.82, 2.24) is 0 Å². The van der Waals surface area contributed by atoms with Crippen molar-refractivity contribution < 1.29 is 24.5 Å². The molecule has 4 N–H and O–H groups in total. The molecule has 0 aromatic heterocycles. The Hall–Kier alpha value is -1.47. The van der Waals surface area contributed by atoms with Crippen LogP contribution in [0, 0.1) is 0 Å². The van der Waals surface area contributed by atoms with E-state index in [2.05, 4.69) is 15.9 Å². The fourth-order valence-corrected chi connectivity index (χ4v) is 1.92. The van der Waals surface area contributed by atoms with E-state index in [1.165, 1.54) is 20.3 Å². The van der Waals surface area contributed by atoms with Crippen molar-refractivity contribution in [3.05, 3.63) is 16.1 Å². The highest BCUT2D eigenvalue weighted by Crippen LogP contribution is 2.44. The lowest BCUT2D eigenvalue weighted by Crippen LogP contribution is -2.21. The second-order valence-corrected chi connectivity index (χ2v) is 3.97. The Balaban J connectivity index is 3.44. The zero-order chi connectivity index (χ0) is 13.2. The fourth-order valence-electron chi connectivity index (χ4n) is 1.33. The number of nitrogens with two attached hydrogens (primary N) is 1. The molecule has 0 aliphatic carbocycles. The summed E-state index contributed by atoms with van der Waals surface area (Å²) in [7, 11) is 2.80. The summed E-state index contributed by atoms with van der Waals surface area (Å²) in [5.74, 6) is -0.979. The predicted molar refractivity (Wildman–Crippen MR) is 63.5 cm³/mol. The molecule has 1 aromatic rings. The van der Waals surface area contributed by atoms with E-state index in [4.69, 9.17) is 20.3 Å². The topological polar surface area (TPSA) is 102 Å². The number of aromatic hydroxyl groups is 1. The first-order valence-corrected chi connectivity index (χ1v) is 5.35. The summed E-state index contributed by atoms with van der Waals surface area (Å²) in [6.45, 7) is 0. The van der Waals surface area contributed by atoms with Crippen LogP contribution in [-0.4, -0.2) is 30.4 Å². The molecule has 0 amide bonds. The number of halogens is 1. The highest BCUT2D eigenvalue weighted by molar-refractivity contribution is 9.10. The summed E-state index contributed by atoms with van der Waals surface area (Å²) in [5, 5.41) is 18.6. The SMILES string of the molecule is COc1cc(C(N)C(=O)O)c(O)c(Br)c1OC. The molecule has 0 bridgehead atoms. The molecule has 1 atom stereocenters. The first-order chi connectivity index (χ1) is 7.93. The lowest BCUT2D eigenvalue weighted by Gasteiger charge is -2.16. The van der Waals surface area contributed by atoms with E-state index in [0.29, 0.717) is 0 Å². The molecule has 0 spiro atoms. The summed E-state index contributed by atoms with van der Waals surface area (Å²) < 4.78 is 10.3. The summed E-state index contributed by atoms with van der Waals surface area (Å²) in [6.07, 6.45) is 0. The van der Waals surface area contributed by atoms with Gasteiger partial charge >= 0.3 is 5.97 Å². The molecule has 7 heteroatoms. The normalized spacial score (nSPS) is 12.0. The number of phenols is 1. The molecule has 0 aliphatic rings. The van der Waals surface area contributed by atoms with Crippen molar-refractivity contribution >= 4 is 21.9 Å². The first-order valence-electron chi connectivity index (χ1n) is 4.55. The molecule has 94 valence electrons. The molecular weight excluding hydrogens is 294 g/mol. The number of phenolic OH excluding ortho intramolecular Hbond substituents is 1. The van der Waals surface area contributed by atoms with Gasteiger partial charge in [0.15, 0.2) is 11.5 Å². The molecule has 1 aromatic carbocycles. The van der Waals surface area contributed by atoms with E-state index in [1.807, 2.05) is 0 Å². The quantitative estimate of drug-likeness (QED) is 0.774. The van der Waals surface area contributed by atoms with Gasteiger partial charge in [-0.05, 0) is 22.0 Å². The monoisotopic (exact) mass is 305 g/mol. The third kappa shape index (κ3) is 2.45. The number of aliphatic carboxylic acids is 1. The van der Waals surface area contributed by atoms with E-state index < -0.39 is 12.0 Å². The van der Waals surface area contributed by atoms with Crippen LogP contribution in [0.4, 0.5) is 0 Å². The Morgan fingerprint density at radius 1 is 1.47 bits per heavy atom. The number of ether oxygens (including phenoxy) is 2. The average Bonchev–Trinajstić information content (AvgIpc) is 2.31. The number of carbonyl (C=O) groups is 1. The van der Waals surface area contributed by atoms with Gasteiger partial charge < -0.3 is 25.4 Å². The molecule has 0 saturated carbocycles. The molecule has 0 heterocycles. The van der Waals surface area contributed by atoms with Crippen LogP contribution in [0.25, 0.3) is 0 Å². The Morgan fingerprint density at radius 3 is 2.47 bits per heavy atom. The first kappa shape index (κ1) is 13.6. The lowest BCUT2D eigenvalue weighted by atomic mass is 10.1. The number of carboxylic acid groups (broad SMARTS) is 1. The van der Waals surface area contributed by atoms with Crippen molar-refractivity contribution in [1.29, 1.82) is 0 Å². The van der Waals surface area contributed by atoms with Gasteiger partial charge in [0.25, 0.3) is 0 Å². The molecule has 1 rings (SSSR count). The maximum atomic E-state index is 10.8. The maximum absolute atomic E-state index is 10.8. The van der Waals surface area contributed by atoms with Crippen molar-refractivity contribution in [3.63, 3.8) is 0 Å². The Morgan fingerprint density at radius 2 is 2.06 bits per heavy atom. The van der Waals surface area contributed by atoms with Gasteiger partial charge in [-0.2, -0.15) is 0 Å². The number of hydrogen-bond donors (Lipinski definition) is 3. The Bertz CT molecular complexity index is 449. The van der Waals surface area contributed by atoms with E-state index >= 15 is 0 Å². The van der Waals surface area contributed by atoms with Crippen LogP contribution in [0.2, 0.25) is 0 Å². The van der Waals surface area contributed by atoms with Gasteiger partial charge in [0.2, 0.25) is 0 Å². The van der Waals surface area contributed by atoms with Crippen LogP contribution in [0.1, 0.15) is 11.6 Å². The van der Waals surface area contributed by atoms with E-state index in [1.54, 1.807) is 0 Å². The van der Waals surface area contributed by atoms with Crippen molar-refractivity contribution in [2.45, 2.75) is 6.04 Å². The van der Waals surface area contributed by atoms with Crippen LogP contribution in [0.3, 0.4) is 0 Å². The largest absolute Gasteiger partial charge is 0.506 e. The maximum Gasteiger partial charge on any atom is 0.325 e. The highest BCUT2D eigenvalue weighted by atomic mass is 79.9. The van der Waals surface area contributed by atoms with Gasteiger partial charge in [-0.3, -0.25) is 4.79 Å². The summed E-state index contributed by atoms with van der Waals surface area (Å²) in [5.41, 5.74) is 5.49. The number of benzene rings is 1. The van der Waals surface area contributed by atoms with Crippen molar-refractivity contribution in [3.8, 4) is 17.2 Å². The van der Waals surface area contributed by atoms with Crippen LogP contribution in [-0.2, 0) is 4.79 Å². The summed E-state index contributed by atoms with van der Waals surface area (Å²) >= 11 is 3.10. The van der Waals surface area contributed by atoms with Crippen LogP contribution in [0.15, 0.2) is 10.5 Å². The average molecular weight is 306 g/mol. The van der Waals surface area contributed by atoms with Crippen LogP contribution < -0.4 is 15.2 Å². The molecule has 6 nitrogen and oxygen atoms in total. The standard InChI is InChI=1S/C10H12BrNO5/c1-16-5-3-4(7(12)10(14)15)8(13)6(11)9(5)17-2/h3,7,13H,12H2,1-2H3,(H,14,15). The second kappa shape index (κ2) is 5.24.